The number of rotatable bonds is 3. The summed E-state index contributed by atoms with van der Waals surface area (Å²) in [5.74, 6) is -0.563. The fraction of sp³-hybridized carbons (Fsp3) is 0.0588. The minimum absolute atomic E-state index is 0.199. The maximum Gasteiger partial charge on any atom is 0.307 e. The fourth-order valence-corrected chi connectivity index (χ4v) is 2.57. The van der Waals surface area contributed by atoms with Crippen molar-refractivity contribution in [1.29, 1.82) is 0 Å². The van der Waals surface area contributed by atoms with E-state index in [0.29, 0.717) is 11.3 Å². The smallest absolute Gasteiger partial charge is 0.307 e. The summed E-state index contributed by atoms with van der Waals surface area (Å²) in [5.41, 5.74) is 1.24. The summed E-state index contributed by atoms with van der Waals surface area (Å²) >= 11 is 6.15. The zero-order valence-electron chi connectivity index (χ0n) is 11.4. The molecule has 0 bridgehead atoms. The average molecular weight is 315 g/mol. The highest BCUT2D eigenvalue weighted by molar-refractivity contribution is 6.34. The van der Waals surface area contributed by atoms with E-state index < -0.39 is 5.97 Å². The lowest BCUT2D eigenvalue weighted by Gasteiger charge is -2.06. The zero-order chi connectivity index (χ0) is 15.7. The average Bonchev–Trinajstić information content (AvgIpc) is 2.48. The number of hydrogen-bond acceptors (Lipinski definition) is 3. The van der Waals surface area contributed by atoms with Crippen molar-refractivity contribution in [3.05, 3.63) is 69.3 Å². The summed E-state index contributed by atoms with van der Waals surface area (Å²) in [4.78, 5) is 23.1. The van der Waals surface area contributed by atoms with Gasteiger partial charge in [0, 0.05) is 11.6 Å². The van der Waals surface area contributed by atoms with Crippen molar-refractivity contribution in [3.8, 4) is 11.3 Å². The largest absolute Gasteiger partial charge is 0.481 e. The molecule has 0 aliphatic carbocycles. The molecule has 22 heavy (non-hydrogen) atoms. The molecule has 4 nitrogen and oxygen atoms in total. The zero-order valence-corrected chi connectivity index (χ0v) is 12.1. The maximum atomic E-state index is 12.3. The lowest BCUT2D eigenvalue weighted by Crippen LogP contribution is -2.04. The van der Waals surface area contributed by atoms with Gasteiger partial charge in [0.15, 0.2) is 11.0 Å². The van der Waals surface area contributed by atoms with Gasteiger partial charge >= 0.3 is 5.97 Å². The molecule has 0 fully saturated rings. The van der Waals surface area contributed by atoms with E-state index in [9.17, 15) is 9.59 Å². The molecule has 0 aliphatic heterocycles. The topological polar surface area (TPSA) is 67.5 Å². The Morgan fingerprint density at radius 3 is 2.55 bits per heavy atom. The minimum atomic E-state index is -0.985. The molecule has 0 amide bonds. The highest BCUT2D eigenvalue weighted by Crippen LogP contribution is 2.28. The first-order chi connectivity index (χ1) is 10.5. The van der Waals surface area contributed by atoms with Gasteiger partial charge in [0.05, 0.1) is 16.8 Å². The minimum Gasteiger partial charge on any atom is -0.481 e. The number of carbonyl (C=O) groups is 1. The van der Waals surface area contributed by atoms with Gasteiger partial charge in [-0.15, -0.1) is 0 Å². The van der Waals surface area contributed by atoms with Gasteiger partial charge in [-0.3, -0.25) is 9.59 Å². The van der Waals surface area contributed by atoms with Gasteiger partial charge in [-0.05, 0) is 17.7 Å². The van der Waals surface area contributed by atoms with Crippen LogP contribution in [0.1, 0.15) is 5.56 Å². The van der Waals surface area contributed by atoms with Crippen LogP contribution >= 0.6 is 11.6 Å². The molecular weight excluding hydrogens is 304 g/mol. The van der Waals surface area contributed by atoms with Gasteiger partial charge in [0.2, 0.25) is 0 Å². The Morgan fingerprint density at radius 1 is 1.14 bits per heavy atom. The molecule has 3 aromatic rings. The third-order valence-electron chi connectivity index (χ3n) is 3.26. The molecule has 0 saturated heterocycles. The standard InChI is InChI=1S/C17H11ClO4/c18-13-7-10(8-16(20)21)6-12-14(19)9-15(22-17(12)13)11-4-2-1-3-5-11/h1-7,9H,8H2,(H,20,21). The quantitative estimate of drug-likeness (QED) is 0.799. The molecule has 5 heteroatoms. The number of benzene rings is 2. The Hall–Kier alpha value is -2.59. The van der Waals surface area contributed by atoms with Gasteiger partial charge in [-0.2, -0.15) is 0 Å². The molecule has 2 aromatic carbocycles. The predicted molar refractivity (Wildman–Crippen MR) is 84.3 cm³/mol. The number of fused-ring (bicyclic) bond motifs is 1. The van der Waals surface area contributed by atoms with E-state index in [1.54, 1.807) is 0 Å². The van der Waals surface area contributed by atoms with Crippen LogP contribution in [0.5, 0.6) is 0 Å². The SMILES string of the molecule is O=C(O)Cc1cc(Cl)c2oc(-c3ccccc3)cc(=O)c2c1. The summed E-state index contributed by atoms with van der Waals surface area (Å²) in [6.45, 7) is 0. The third kappa shape index (κ3) is 2.73. The van der Waals surface area contributed by atoms with Crippen molar-refractivity contribution in [2.24, 2.45) is 0 Å². The van der Waals surface area contributed by atoms with Crippen molar-refractivity contribution >= 4 is 28.5 Å². The van der Waals surface area contributed by atoms with Crippen molar-refractivity contribution in [2.45, 2.75) is 6.42 Å². The monoisotopic (exact) mass is 314 g/mol. The van der Waals surface area contributed by atoms with E-state index in [-0.39, 0.29) is 27.8 Å². The first-order valence-corrected chi connectivity index (χ1v) is 6.96. The van der Waals surface area contributed by atoms with Gasteiger partial charge < -0.3 is 9.52 Å². The Labute approximate surface area is 130 Å². The maximum absolute atomic E-state index is 12.3. The summed E-state index contributed by atoms with van der Waals surface area (Å²) in [6, 6.07) is 13.6. The van der Waals surface area contributed by atoms with Crippen LogP contribution in [0.4, 0.5) is 0 Å². The van der Waals surface area contributed by atoms with Crippen molar-refractivity contribution in [2.75, 3.05) is 0 Å². The summed E-state index contributed by atoms with van der Waals surface area (Å²) < 4.78 is 5.74. The second-order valence-electron chi connectivity index (χ2n) is 4.87. The predicted octanol–water partition coefficient (Wildman–Crippen LogP) is 3.74. The molecule has 0 aliphatic rings. The molecule has 1 N–H and O–H groups in total. The van der Waals surface area contributed by atoms with E-state index >= 15 is 0 Å². The molecule has 0 saturated carbocycles. The van der Waals surface area contributed by atoms with Gasteiger partial charge in [0.1, 0.15) is 5.76 Å². The van der Waals surface area contributed by atoms with E-state index in [0.717, 1.165) is 5.56 Å². The van der Waals surface area contributed by atoms with E-state index in [1.807, 2.05) is 30.3 Å². The second-order valence-corrected chi connectivity index (χ2v) is 5.27. The van der Waals surface area contributed by atoms with Gasteiger partial charge in [0.25, 0.3) is 0 Å². The summed E-state index contributed by atoms with van der Waals surface area (Å²) in [6.07, 6.45) is -0.199. The first-order valence-electron chi connectivity index (χ1n) is 6.58. The summed E-state index contributed by atoms with van der Waals surface area (Å²) in [5, 5.41) is 9.35. The Kier molecular flexibility index (Phi) is 3.69. The Morgan fingerprint density at radius 2 is 1.86 bits per heavy atom. The van der Waals surface area contributed by atoms with E-state index in [1.165, 1.54) is 18.2 Å². The number of hydrogen-bond donors (Lipinski definition) is 1. The van der Waals surface area contributed by atoms with Crippen LogP contribution in [0.15, 0.2) is 57.7 Å². The molecule has 0 atom stereocenters. The highest BCUT2D eigenvalue weighted by Gasteiger charge is 2.12. The third-order valence-corrected chi connectivity index (χ3v) is 3.54. The van der Waals surface area contributed by atoms with E-state index in [2.05, 4.69) is 0 Å². The van der Waals surface area contributed by atoms with Gasteiger partial charge in [-0.25, -0.2) is 0 Å². The van der Waals surface area contributed by atoms with Gasteiger partial charge in [-0.1, -0.05) is 41.9 Å². The Bertz CT molecular complexity index is 913. The van der Waals surface area contributed by atoms with Crippen LogP contribution in [0.2, 0.25) is 5.02 Å². The number of aliphatic carboxylic acids is 1. The van der Waals surface area contributed by atoms with Crippen LogP contribution in [0.3, 0.4) is 0 Å². The van der Waals surface area contributed by atoms with Crippen LogP contribution < -0.4 is 5.43 Å². The van der Waals surface area contributed by atoms with Crippen molar-refractivity contribution in [3.63, 3.8) is 0 Å². The van der Waals surface area contributed by atoms with Crippen LogP contribution in [0.25, 0.3) is 22.3 Å². The normalized spacial score (nSPS) is 10.8. The van der Waals surface area contributed by atoms with Crippen molar-refractivity contribution in [1.82, 2.24) is 0 Å². The molecule has 0 spiro atoms. The molecule has 110 valence electrons. The molecule has 0 radical (unpaired) electrons. The molecular formula is C17H11ClO4. The molecule has 0 unspecified atom stereocenters. The molecule has 1 heterocycles. The van der Waals surface area contributed by atoms with Crippen LogP contribution in [-0.4, -0.2) is 11.1 Å². The van der Waals surface area contributed by atoms with E-state index in [4.69, 9.17) is 21.1 Å². The first kappa shape index (κ1) is 14.4. The van der Waals surface area contributed by atoms with Crippen LogP contribution in [-0.2, 0) is 11.2 Å². The van der Waals surface area contributed by atoms with Crippen LogP contribution in [0, 0.1) is 0 Å². The summed E-state index contributed by atoms with van der Waals surface area (Å²) in [7, 11) is 0. The molecule has 1 aromatic heterocycles. The Balaban J connectivity index is 2.21. The number of carboxylic acids is 1. The highest BCUT2D eigenvalue weighted by atomic mass is 35.5. The lowest BCUT2D eigenvalue weighted by atomic mass is 10.1. The van der Waals surface area contributed by atoms with Crippen molar-refractivity contribution < 1.29 is 14.3 Å². The lowest BCUT2D eigenvalue weighted by molar-refractivity contribution is -0.136. The number of halogens is 1. The number of carboxylic acid groups (broad SMARTS) is 1. The molecule has 3 rings (SSSR count). The second kappa shape index (κ2) is 5.66. The fourth-order valence-electron chi connectivity index (χ4n) is 2.29.